The van der Waals surface area contributed by atoms with Crippen LogP contribution in [0.5, 0.6) is 0 Å². The van der Waals surface area contributed by atoms with E-state index in [1.54, 1.807) is 0 Å². The van der Waals surface area contributed by atoms with Crippen LogP contribution in [0.3, 0.4) is 0 Å². The molecular weight excluding hydrogens is 621 g/mol. The van der Waals surface area contributed by atoms with Crippen LogP contribution >= 0.6 is 0 Å². The summed E-state index contributed by atoms with van der Waals surface area (Å²) in [6.07, 6.45) is 1.84. The lowest BCUT2D eigenvalue weighted by Gasteiger charge is -2.23. The number of fused-ring (bicyclic) bond motifs is 4. The van der Waals surface area contributed by atoms with Crippen molar-refractivity contribution in [1.29, 1.82) is 5.26 Å². The number of nitriles is 1. The van der Waals surface area contributed by atoms with Crippen LogP contribution in [0.4, 0.5) is 0 Å². The molecule has 9 rings (SSSR count). The second-order valence-corrected chi connectivity index (χ2v) is 13.6. The van der Waals surface area contributed by atoms with Crippen molar-refractivity contribution in [2.24, 2.45) is 0 Å². The van der Waals surface area contributed by atoms with E-state index >= 15 is 0 Å². The highest BCUT2D eigenvalue weighted by atomic mass is 14.9. The molecule has 0 N–H and O–H groups in total. The summed E-state index contributed by atoms with van der Waals surface area (Å²) in [4.78, 5) is 14.9. The highest BCUT2D eigenvalue weighted by Gasteiger charge is 2.37. The first-order chi connectivity index (χ1) is 25.0. The van der Waals surface area contributed by atoms with Gasteiger partial charge in [-0.3, -0.25) is 4.98 Å². The van der Waals surface area contributed by atoms with Gasteiger partial charge in [-0.2, -0.15) is 5.26 Å². The fourth-order valence-electron chi connectivity index (χ4n) is 7.58. The molecule has 240 valence electrons. The molecule has 6 aromatic carbocycles. The maximum absolute atomic E-state index is 10.0. The van der Waals surface area contributed by atoms with E-state index in [2.05, 4.69) is 122 Å². The minimum Gasteiger partial charge on any atom is -0.256 e. The number of nitrogens with zero attached hydrogens (tertiary/aromatic N) is 4. The molecule has 4 heteroatoms. The molecule has 0 spiro atoms. The average Bonchev–Trinajstić information content (AvgIpc) is 3.43. The molecule has 0 radical (unpaired) electrons. The van der Waals surface area contributed by atoms with Gasteiger partial charge in [0, 0.05) is 33.7 Å². The highest BCUT2D eigenvalue weighted by molar-refractivity contribution is 5.89. The SMILES string of the molecule is CC1(C)c2cc(-c3cc(-c4ccc5cccnc5c4)cc(-c4cc(-c5ccccc5)nc(-c5ccccc5)n4)c3)ccc2-c2cccc(C#N)c21. The Bertz CT molecular complexity index is 2610. The second-order valence-electron chi connectivity index (χ2n) is 13.6. The molecule has 2 aromatic heterocycles. The number of hydrogen-bond donors (Lipinski definition) is 0. The van der Waals surface area contributed by atoms with E-state index in [1.165, 1.54) is 11.1 Å². The smallest absolute Gasteiger partial charge is 0.160 e. The molecule has 2 heterocycles. The molecule has 0 aliphatic heterocycles. The summed E-state index contributed by atoms with van der Waals surface area (Å²) in [7, 11) is 0. The van der Waals surface area contributed by atoms with Gasteiger partial charge in [0.25, 0.3) is 0 Å². The summed E-state index contributed by atoms with van der Waals surface area (Å²) >= 11 is 0. The van der Waals surface area contributed by atoms with Gasteiger partial charge in [0.05, 0.1) is 28.5 Å². The predicted octanol–water partition coefficient (Wildman–Crippen LogP) is 11.5. The molecule has 0 fully saturated rings. The van der Waals surface area contributed by atoms with E-state index in [9.17, 15) is 5.26 Å². The van der Waals surface area contributed by atoms with Crippen LogP contribution < -0.4 is 0 Å². The molecule has 0 saturated carbocycles. The Labute approximate surface area is 297 Å². The van der Waals surface area contributed by atoms with Gasteiger partial charge in [-0.1, -0.05) is 117 Å². The van der Waals surface area contributed by atoms with Gasteiger partial charge in [0.2, 0.25) is 0 Å². The Kier molecular flexibility index (Phi) is 7.15. The molecule has 0 saturated heterocycles. The topological polar surface area (TPSA) is 62.5 Å². The molecular formula is C47H32N4. The quantitative estimate of drug-likeness (QED) is 0.186. The fraction of sp³-hybridized carbons (Fsp3) is 0.0638. The zero-order chi connectivity index (χ0) is 34.5. The minimum atomic E-state index is -0.320. The molecule has 0 atom stereocenters. The highest BCUT2D eigenvalue weighted by Crippen LogP contribution is 2.51. The van der Waals surface area contributed by atoms with Gasteiger partial charge >= 0.3 is 0 Å². The summed E-state index contributed by atoms with van der Waals surface area (Å²) < 4.78 is 0. The monoisotopic (exact) mass is 652 g/mol. The van der Waals surface area contributed by atoms with Gasteiger partial charge in [-0.05, 0) is 93.0 Å². The van der Waals surface area contributed by atoms with Gasteiger partial charge in [0.15, 0.2) is 5.82 Å². The number of aromatic nitrogens is 3. The zero-order valence-electron chi connectivity index (χ0n) is 28.3. The summed E-state index contributed by atoms with van der Waals surface area (Å²) in [6.45, 7) is 4.45. The van der Waals surface area contributed by atoms with Gasteiger partial charge < -0.3 is 0 Å². The van der Waals surface area contributed by atoms with Crippen molar-refractivity contribution >= 4 is 10.9 Å². The third kappa shape index (κ3) is 5.28. The normalized spacial score (nSPS) is 12.6. The largest absolute Gasteiger partial charge is 0.256 e. The first-order valence-corrected chi connectivity index (χ1v) is 17.2. The van der Waals surface area contributed by atoms with E-state index in [-0.39, 0.29) is 5.41 Å². The standard InChI is InChI=1S/C47H32N4/c1-47(2)41-26-33(20-21-39(41)40-17-9-15-35(29-48)45(40)47)36-23-37(34-19-18-31-16-10-22-49-42(31)27-34)25-38(24-36)44-28-43(30-11-5-3-6-12-30)50-46(51-44)32-13-7-4-8-14-32/h3-28H,1-2H3. The Balaban J connectivity index is 1.26. The number of rotatable bonds is 5. The Morgan fingerprint density at radius 3 is 1.92 bits per heavy atom. The van der Waals surface area contributed by atoms with Crippen LogP contribution in [0.2, 0.25) is 0 Å². The second kappa shape index (κ2) is 12.0. The fourth-order valence-corrected chi connectivity index (χ4v) is 7.58. The van der Waals surface area contributed by atoms with Gasteiger partial charge in [0.1, 0.15) is 0 Å². The van der Waals surface area contributed by atoms with Crippen LogP contribution in [0.1, 0.15) is 30.5 Å². The van der Waals surface area contributed by atoms with Crippen molar-refractivity contribution in [2.45, 2.75) is 19.3 Å². The van der Waals surface area contributed by atoms with Gasteiger partial charge in [-0.25, -0.2) is 9.97 Å². The number of pyridine rings is 1. The molecule has 1 aliphatic carbocycles. The first kappa shape index (κ1) is 30.4. The minimum absolute atomic E-state index is 0.320. The lowest BCUT2D eigenvalue weighted by molar-refractivity contribution is 0.658. The Morgan fingerprint density at radius 2 is 1.18 bits per heavy atom. The van der Waals surface area contributed by atoms with Crippen molar-refractivity contribution < 1.29 is 0 Å². The molecule has 0 unspecified atom stereocenters. The van der Waals surface area contributed by atoms with E-state index in [4.69, 9.17) is 9.97 Å². The summed E-state index contributed by atoms with van der Waals surface area (Å²) in [5.41, 5.74) is 15.1. The van der Waals surface area contributed by atoms with Crippen LogP contribution in [-0.4, -0.2) is 15.0 Å². The Morgan fingerprint density at radius 1 is 0.510 bits per heavy atom. The lowest BCUT2D eigenvalue weighted by Crippen LogP contribution is -2.16. The summed E-state index contributed by atoms with van der Waals surface area (Å²) in [5.74, 6) is 0.680. The lowest BCUT2D eigenvalue weighted by atomic mass is 9.79. The summed E-state index contributed by atoms with van der Waals surface area (Å²) in [6, 6.07) is 55.0. The number of benzene rings is 6. The molecule has 1 aliphatic rings. The molecule has 8 aromatic rings. The van der Waals surface area contributed by atoms with Crippen molar-refractivity contribution in [3.63, 3.8) is 0 Å². The van der Waals surface area contributed by atoms with Crippen LogP contribution in [0.15, 0.2) is 158 Å². The maximum atomic E-state index is 10.0. The third-order valence-electron chi connectivity index (χ3n) is 10.1. The molecule has 51 heavy (non-hydrogen) atoms. The molecule has 0 amide bonds. The van der Waals surface area contributed by atoms with E-state index in [0.717, 1.165) is 77.9 Å². The van der Waals surface area contributed by atoms with Crippen molar-refractivity contribution in [2.75, 3.05) is 0 Å². The first-order valence-electron chi connectivity index (χ1n) is 17.2. The Hall–Kier alpha value is -6.70. The van der Waals surface area contributed by atoms with Crippen molar-refractivity contribution in [1.82, 2.24) is 15.0 Å². The van der Waals surface area contributed by atoms with Crippen molar-refractivity contribution in [3.05, 3.63) is 175 Å². The predicted molar refractivity (Wildman–Crippen MR) is 207 cm³/mol. The average molecular weight is 653 g/mol. The third-order valence-corrected chi connectivity index (χ3v) is 10.1. The van der Waals surface area contributed by atoms with Crippen LogP contribution in [-0.2, 0) is 5.41 Å². The maximum Gasteiger partial charge on any atom is 0.160 e. The molecule has 0 bridgehead atoms. The summed E-state index contributed by atoms with van der Waals surface area (Å²) in [5, 5.41) is 11.1. The molecule has 4 nitrogen and oxygen atoms in total. The zero-order valence-corrected chi connectivity index (χ0v) is 28.3. The van der Waals surface area contributed by atoms with Crippen LogP contribution in [0, 0.1) is 11.3 Å². The van der Waals surface area contributed by atoms with E-state index in [0.29, 0.717) is 5.82 Å². The van der Waals surface area contributed by atoms with Gasteiger partial charge in [-0.15, -0.1) is 0 Å². The van der Waals surface area contributed by atoms with Crippen LogP contribution in [0.25, 0.3) is 78.2 Å². The van der Waals surface area contributed by atoms with E-state index in [1.807, 2.05) is 60.8 Å². The number of hydrogen-bond acceptors (Lipinski definition) is 4. The van der Waals surface area contributed by atoms with E-state index < -0.39 is 0 Å². The van der Waals surface area contributed by atoms with Crippen molar-refractivity contribution in [3.8, 4) is 73.4 Å².